The van der Waals surface area contributed by atoms with Gasteiger partial charge < -0.3 is 15.3 Å². The van der Waals surface area contributed by atoms with E-state index in [1.807, 2.05) is 0 Å². The van der Waals surface area contributed by atoms with Crippen LogP contribution in [-0.4, -0.2) is 48.8 Å². The summed E-state index contributed by atoms with van der Waals surface area (Å²) < 4.78 is 0. The van der Waals surface area contributed by atoms with Crippen LogP contribution in [0.1, 0.15) is 47.0 Å². The molecule has 0 saturated heterocycles. The van der Waals surface area contributed by atoms with Crippen LogP contribution >= 0.6 is 0 Å². The molecule has 3 nitrogen and oxygen atoms in total. The predicted molar refractivity (Wildman–Crippen MR) is 75.4 cm³/mol. The molecule has 2 N–H and O–H groups in total. The second kappa shape index (κ2) is 8.90. The van der Waals surface area contributed by atoms with Gasteiger partial charge in [-0.1, -0.05) is 20.8 Å². The molecule has 0 fully saturated rings. The van der Waals surface area contributed by atoms with E-state index in [0.717, 1.165) is 38.4 Å². The maximum atomic E-state index is 9.46. The molecule has 0 rings (SSSR count). The fourth-order valence-corrected chi connectivity index (χ4v) is 1.68. The van der Waals surface area contributed by atoms with Crippen molar-refractivity contribution in [3.63, 3.8) is 0 Å². The third-order valence-corrected chi connectivity index (χ3v) is 3.28. The zero-order valence-corrected chi connectivity index (χ0v) is 12.4. The summed E-state index contributed by atoms with van der Waals surface area (Å²) in [5, 5.41) is 12.9. The average Bonchev–Trinajstić information content (AvgIpc) is 2.31. The first-order valence-electron chi connectivity index (χ1n) is 6.98. The Labute approximate surface area is 108 Å². The number of nitrogens with zero attached hydrogens (tertiary/aromatic N) is 1. The van der Waals surface area contributed by atoms with Crippen LogP contribution in [0.25, 0.3) is 0 Å². The maximum Gasteiger partial charge on any atom is 0.0611 e. The van der Waals surface area contributed by atoms with Crippen LogP contribution in [0, 0.1) is 5.92 Å². The molecule has 104 valence electrons. The lowest BCUT2D eigenvalue weighted by Crippen LogP contribution is -2.48. The number of nitrogens with one attached hydrogen (secondary N) is 1. The highest BCUT2D eigenvalue weighted by Crippen LogP contribution is 2.10. The Kier molecular flexibility index (Phi) is 8.83. The molecule has 0 heterocycles. The van der Waals surface area contributed by atoms with Crippen molar-refractivity contribution in [1.29, 1.82) is 0 Å². The first kappa shape index (κ1) is 16.9. The van der Waals surface area contributed by atoms with Gasteiger partial charge in [-0.2, -0.15) is 0 Å². The van der Waals surface area contributed by atoms with E-state index in [9.17, 15) is 5.11 Å². The van der Waals surface area contributed by atoms with Crippen molar-refractivity contribution >= 4 is 0 Å². The van der Waals surface area contributed by atoms with Gasteiger partial charge in [0.15, 0.2) is 0 Å². The minimum absolute atomic E-state index is 0.123. The molecule has 0 radical (unpaired) electrons. The van der Waals surface area contributed by atoms with Gasteiger partial charge in [-0.3, -0.25) is 0 Å². The molecule has 0 aromatic heterocycles. The van der Waals surface area contributed by atoms with Crippen molar-refractivity contribution in [2.24, 2.45) is 5.92 Å². The Morgan fingerprint density at radius 3 is 2.41 bits per heavy atom. The Morgan fingerprint density at radius 1 is 1.29 bits per heavy atom. The molecule has 0 aliphatic carbocycles. The van der Waals surface area contributed by atoms with E-state index in [-0.39, 0.29) is 12.1 Å². The van der Waals surface area contributed by atoms with E-state index in [0.29, 0.717) is 0 Å². The first-order chi connectivity index (χ1) is 7.93. The quantitative estimate of drug-likeness (QED) is 0.618. The minimum atomic E-state index is -0.123. The maximum absolute atomic E-state index is 9.46. The molecule has 17 heavy (non-hydrogen) atoms. The van der Waals surface area contributed by atoms with E-state index in [4.69, 9.17) is 0 Å². The topological polar surface area (TPSA) is 35.5 Å². The van der Waals surface area contributed by atoms with Crippen LogP contribution in [-0.2, 0) is 0 Å². The highest BCUT2D eigenvalue weighted by Gasteiger charge is 2.22. The van der Waals surface area contributed by atoms with Crippen molar-refractivity contribution in [3.05, 3.63) is 0 Å². The van der Waals surface area contributed by atoms with Crippen molar-refractivity contribution in [2.75, 3.05) is 33.3 Å². The number of aliphatic hydroxyl groups excluding tert-OH is 1. The average molecular weight is 244 g/mol. The molecular formula is C14H32N2O. The molecule has 1 atom stereocenters. The molecule has 0 aliphatic heterocycles. The molecule has 0 saturated carbocycles. The van der Waals surface area contributed by atoms with E-state index in [1.165, 1.54) is 6.42 Å². The number of aliphatic hydroxyl groups is 1. The van der Waals surface area contributed by atoms with Crippen molar-refractivity contribution in [3.8, 4) is 0 Å². The standard InChI is InChI=1S/C14H32N2O/c1-6-9-15-14(4,12-17)8-11-16(5)10-7-13(2)3/h13,15,17H,6-12H2,1-5H3. The minimum Gasteiger partial charge on any atom is -0.394 e. The lowest BCUT2D eigenvalue weighted by Gasteiger charge is -2.31. The van der Waals surface area contributed by atoms with E-state index >= 15 is 0 Å². The SMILES string of the molecule is CCCNC(C)(CO)CCN(C)CCC(C)C. The first-order valence-corrected chi connectivity index (χ1v) is 6.98. The van der Waals surface area contributed by atoms with E-state index < -0.39 is 0 Å². The van der Waals surface area contributed by atoms with Gasteiger partial charge in [-0.25, -0.2) is 0 Å². The summed E-state index contributed by atoms with van der Waals surface area (Å²) >= 11 is 0. The molecule has 3 heteroatoms. The van der Waals surface area contributed by atoms with Gasteiger partial charge in [0.2, 0.25) is 0 Å². The largest absolute Gasteiger partial charge is 0.394 e. The molecule has 0 aromatic carbocycles. The van der Waals surface area contributed by atoms with Crippen LogP contribution in [0.15, 0.2) is 0 Å². The Bertz CT molecular complexity index is 185. The van der Waals surface area contributed by atoms with Crippen molar-refractivity contribution in [2.45, 2.75) is 52.5 Å². The molecule has 0 bridgehead atoms. The smallest absolute Gasteiger partial charge is 0.0611 e. The zero-order valence-electron chi connectivity index (χ0n) is 12.4. The van der Waals surface area contributed by atoms with Gasteiger partial charge in [-0.05, 0) is 58.8 Å². The lowest BCUT2D eigenvalue weighted by atomic mass is 9.98. The highest BCUT2D eigenvalue weighted by atomic mass is 16.3. The normalized spacial score (nSPS) is 15.5. The van der Waals surface area contributed by atoms with Gasteiger partial charge in [0, 0.05) is 5.54 Å². The van der Waals surface area contributed by atoms with Crippen molar-refractivity contribution < 1.29 is 5.11 Å². The van der Waals surface area contributed by atoms with Crippen molar-refractivity contribution in [1.82, 2.24) is 10.2 Å². The fourth-order valence-electron chi connectivity index (χ4n) is 1.68. The fraction of sp³-hybridized carbons (Fsp3) is 1.00. The lowest BCUT2D eigenvalue weighted by molar-refractivity contribution is 0.150. The molecular weight excluding hydrogens is 212 g/mol. The second-order valence-electron chi connectivity index (χ2n) is 5.88. The summed E-state index contributed by atoms with van der Waals surface area (Å²) in [4.78, 5) is 2.36. The monoisotopic (exact) mass is 244 g/mol. The van der Waals surface area contributed by atoms with Crippen LogP contribution in [0.3, 0.4) is 0 Å². The zero-order chi connectivity index (χ0) is 13.3. The summed E-state index contributed by atoms with van der Waals surface area (Å²) in [6.07, 6.45) is 3.35. The molecule has 0 aromatic rings. The van der Waals surface area contributed by atoms with E-state index in [1.54, 1.807) is 0 Å². The third kappa shape index (κ3) is 8.58. The summed E-state index contributed by atoms with van der Waals surface area (Å²) in [7, 11) is 2.17. The molecule has 0 aliphatic rings. The molecule has 0 spiro atoms. The number of rotatable bonds is 10. The van der Waals surface area contributed by atoms with Crippen LogP contribution in [0.4, 0.5) is 0 Å². The van der Waals surface area contributed by atoms with Gasteiger partial charge in [-0.15, -0.1) is 0 Å². The van der Waals surface area contributed by atoms with Crippen LogP contribution in [0.2, 0.25) is 0 Å². The molecule has 1 unspecified atom stereocenters. The highest BCUT2D eigenvalue weighted by molar-refractivity contribution is 4.83. The number of hydrogen-bond acceptors (Lipinski definition) is 3. The Hall–Kier alpha value is -0.120. The number of hydrogen-bond donors (Lipinski definition) is 2. The predicted octanol–water partition coefficient (Wildman–Crippen LogP) is 2.10. The second-order valence-corrected chi connectivity index (χ2v) is 5.88. The summed E-state index contributed by atoms with van der Waals surface area (Å²) in [6.45, 7) is 12.2. The Morgan fingerprint density at radius 2 is 1.94 bits per heavy atom. The van der Waals surface area contributed by atoms with Gasteiger partial charge >= 0.3 is 0 Å². The van der Waals surface area contributed by atoms with Gasteiger partial charge in [0.1, 0.15) is 0 Å². The van der Waals surface area contributed by atoms with Crippen LogP contribution < -0.4 is 5.32 Å². The Balaban J connectivity index is 3.87. The van der Waals surface area contributed by atoms with Crippen LogP contribution in [0.5, 0.6) is 0 Å². The third-order valence-electron chi connectivity index (χ3n) is 3.28. The van der Waals surface area contributed by atoms with Gasteiger partial charge in [0.25, 0.3) is 0 Å². The summed E-state index contributed by atoms with van der Waals surface area (Å²) in [6, 6.07) is 0. The van der Waals surface area contributed by atoms with E-state index in [2.05, 4.69) is 45.0 Å². The summed E-state index contributed by atoms with van der Waals surface area (Å²) in [5.74, 6) is 0.764. The summed E-state index contributed by atoms with van der Waals surface area (Å²) in [5.41, 5.74) is -0.123. The van der Waals surface area contributed by atoms with Gasteiger partial charge in [0.05, 0.1) is 6.61 Å². The molecule has 0 amide bonds.